The second-order valence-electron chi connectivity index (χ2n) is 3.39. The van der Waals surface area contributed by atoms with Crippen molar-refractivity contribution in [3.8, 4) is 11.5 Å². The number of phenolic OH excluding ortho intramolecular Hbond substituents is 2. The zero-order valence-corrected chi connectivity index (χ0v) is 10.6. The summed E-state index contributed by atoms with van der Waals surface area (Å²) in [5, 5.41) is 19.0. The van der Waals surface area contributed by atoms with Crippen molar-refractivity contribution in [2.24, 2.45) is 0 Å². The molecule has 0 aromatic heterocycles. The van der Waals surface area contributed by atoms with Gasteiger partial charge in [-0.2, -0.15) is 0 Å². The van der Waals surface area contributed by atoms with Crippen LogP contribution in [0.4, 0.5) is 8.78 Å². The Hall–Kier alpha value is -1.40. The molecule has 18 heavy (non-hydrogen) atoms. The largest absolute Gasteiger partial charge is 0.507 e. The van der Waals surface area contributed by atoms with Gasteiger partial charge in [0.05, 0.1) is 9.79 Å². The van der Waals surface area contributed by atoms with Crippen LogP contribution >= 0.6 is 21.6 Å². The van der Waals surface area contributed by atoms with Gasteiger partial charge in [-0.3, -0.25) is 0 Å². The Bertz CT molecular complexity index is 524. The molecule has 0 fully saturated rings. The lowest BCUT2D eigenvalue weighted by atomic mass is 10.3. The first-order chi connectivity index (χ1) is 8.56. The molecule has 0 radical (unpaired) electrons. The maximum Gasteiger partial charge on any atom is 0.130 e. The average Bonchev–Trinajstić information content (AvgIpc) is 2.34. The number of aromatic hydroxyl groups is 2. The SMILES string of the molecule is Oc1ccc(F)cc1SSc1cc(F)ccc1O. The fourth-order valence-electron chi connectivity index (χ4n) is 1.20. The predicted octanol–water partition coefficient (Wildman–Crippen LogP) is 4.18. The highest BCUT2D eigenvalue weighted by molar-refractivity contribution is 8.76. The third kappa shape index (κ3) is 3.08. The normalized spacial score (nSPS) is 10.6. The number of rotatable bonds is 3. The summed E-state index contributed by atoms with van der Waals surface area (Å²) in [4.78, 5) is 0.618. The van der Waals surface area contributed by atoms with Crippen molar-refractivity contribution < 1.29 is 19.0 Å². The standard InChI is InChI=1S/C12H8F2O2S2/c13-7-1-3-9(15)11(5-7)17-18-12-6-8(14)2-4-10(12)16/h1-6,15-16H. The molecule has 0 spiro atoms. The molecule has 2 rings (SSSR count). The van der Waals surface area contributed by atoms with E-state index in [-0.39, 0.29) is 11.5 Å². The summed E-state index contributed by atoms with van der Waals surface area (Å²) in [7, 11) is 2.07. The molecule has 2 nitrogen and oxygen atoms in total. The summed E-state index contributed by atoms with van der Waals surface area (Å²) >= 11 is 0. The van der Waals surface area contributed by atoms with E-state index in [0.29, 0.717) is 9.79 Å². The molecule has 0 bridgehead atoms. The quantitative estimate of drug-likeness (QED) is 0.831. The Labute approximate surface area is 110 Å². The van der Waals surface area contributed by atoms with Crippen molar-refractivity contribution in [2.75, 3.05) is 0 Å². The monoisotopic (exact) mass is 286 g/mol. The van der Waals surface area contributed by atoms with Crippen LogP contribution in [0.5, 0.6) is 11.5 Å². The molecule has 0 saturated heterocycles. The Morgan fingerprint density at radius 2 is 1.11 bits per heavy atom. The van der Waals surface area contributed by atoms with Crippen LogP contribution in [-0.2, 0) is 0 Å². The van der Waals surface area contributed by atoms with Gasteiger partial charge in [0.1, 0.15) is 23.1 Å². The number of halogens is 2. The summed E-state index contributed by atoms with van der Waals surface area (Å²) in [6.45, 7) is 0. The highest BCUT2D eigenvalue weighted by atomic mass is 33.1. The summed E-state index contributed by atoms with van der Waals surface area (Å²) in [5.74, 6) is -1.08. The summed E-state index contributed by atoms with van der Waals surface area (Å²) in [6, 6.07) is 7.10. The van der Waals surface area contributed by atoms with E-state index in [2.05, 4.69) is 0 Å². The van der Waals surface area contributed by atoms with Gasteiger partial charge in [-0.05, 0) is 58.0 Å². The van der Waals surface area contributed by atoms with Gasteiger partial charge in [-0.25, -0.2) is 8.78 Å². The predicted molar refractivity (Wildman–Crippen MR) is 67.8 cm³/mol. The van der Waals surface area contributed by atoms with Gasteiger partial charge < -0.3 is 10.2 Å². The van der Waals surface area contributed by atoms with Crippen LogP contribution in [0.3, 0.4) is 0 Å². The lowest BCUT2D eigenvalue weighted by Crippen LogP contribution is -1.78. The summed E-state index contributed by atoms with van der Waals surface area (Å²) < 4.78 is 25.9. The second-order valence-corrected chi connectivity index (χ2v) is 5.60. The molecule has 0 atom stereocenters. The van der Waals surface area contributed by atoms with Crippen LogP contribution in [0.2, 0.25) is 0 Å². The van der Waals surface area contributed by atoms with Crippen LogP contribution in [0.25, 0.3) is 0 Å². The van der Waals surface area contributed by atoms with E-state index >= 15 is 0 Å². The van der Waals surface area contributed by atoms with Crippen LogP contribution < -0.4 is 0 Å². The van der Waals surface area contributed by atoms with Gasteiger partial charge in [0, 0.05) is 0 Å². The Morgan fingerprint density at radius 3 is 1.50 bits per heavy atom. The molecule has 94 valence electrons. The van der Waals surface area contributed by atoms with Crippen LogP contribution in [0.15, 0.2) is 46.2 Å². The number of benzene rings is 2. The Balaban J connectivity index is 2.16. The molecule has 0 heterocycles. The third-order valence-electron chi connectivity index (χ3n) is 2.06. The van der Waals surface area contributed by atoms with Gasteiger partial charge in [-0.1, -0.05) is 0 Å². The van der Waals surface area contributed by atoms with E-state index in [1.54, 1.807) is 0 Å². The average molecular weight is 286 g/mol. The molecular weight excluding hydrogens is 278 g/mol. The molecule has 0 aliphatic carbocycles. The lowest BCUT2D eigenvalue weighted by Gasteiger charge is -2.05. The fourth-order valence-corrected chi connectivity index (χ4v) is 3.35. The smallest absolute Gasteiger partial charge is 0.130 e. The van der Waals surface area contributed by atoms with Crippen molar-refractivity contribution in [2.45, 2.75) is 9.79 Å². The minimum atomic E-state index is -0.473. The van der Waals surface area contributed by atoms with Gasteiger partial charge >= 0.3 is 0 Å². The third-order valence-corrected chi connectivity index (χ3v) is 4.49. The van der Waals surface area contributed by atoms with Gasteiger partial charge in [0.2, 0.25) is 0 Å². The summed E-state index contributed by atoms with van der Waals surface area (Å²) in [5.41, 5.74) is 0. The fraction of sp³-hybridized carbons (Fsp3) is 0. The van der Waals surface area contributed by atoms with Crippen LogP contribution in [0, 0.1) is 11.6 Å². The first-order valence-corrected chi connectivity index (χ1v) is 7.03. The lowest BCUT2D eigenvalue weighted by molar-refractivity contribution is 0.458. The molecule has 0 aliphatic rings. The van der Waals surface area contributed by atoms with Crippen molar-refractivity contribution in [1.29, 1.82) is 0 Å². The second kappa shape index (κ2) is 5.49. The maximum absolute atomic E-state index is 13.0. The number of phenols is 2. The summed E-state index contributed by atoms with van der Waals surface area (Å²) in [6.07, 6.45) is 0. The van der Waals surface area contributed by atoms with Gasteiger partial charge in [0.25, 0.3) is 0 Å². The number of hydrogen-bond acceptors (Lipinski definition) is 4. The minimum absolute atomic E-state index is 0.0650. The molecular formula is C12H8F2O2S2. The molecule has 6 heteroatoms. The highest BCUT2D eigenvalue weighted by Crippen LogP contribution is 2.44. The van der Waals surface area contributed by atoms with E-state index in [9.17, 15) is 19.0 Å². The van der Waals surface area contributed by atoms with Crippen molar-refractivity contribution >= 4 is 21.6 Å². The van der Waals surface area contributed by atoms with E-state index < -0.39 is 11.6 Å². The van der Waals surface area contributed by atoms with Crippen molar-refractivity contribution in [1.82, 2.24) is 0 Å². The van der Waals surface area contributed by atoms with Gasteiger partial charge in [0.15, 0.2) is 0 Å². The first-order valence-electron chi connectivity index (χ1n) is 4.88. The zero-order valence-electron chi connectivity index (χ0n) is 8.93. The molecule has 0 amide bonds. The molecule has 0 saturated carbocycles. The topological polar surface area (TPSA) is 40.5 Å². The molecule has 2 aromatic carbocycles. The van der Waals surface area contributed by atoms with E-state index in [1.165, 1.54) is 24.3 Å². The zero-order chi connectivity index (χ0) is 13.1. The van der Waals surface area contributed by atoms with Crippen LogP contribution in [-0.4, -0.2) is 10.2 Å². The minimum Gasteiger partial charge on any atom is -0.507 e. The molecule has 2 aromatic rings. The number of hydrogen-bond donors (Lipinski definition) is 2. The van der Waals surface area contributed by atoms with E-state index in [4.69, 9.17) is 0 Å². The Kier molecular flexibility index (Phi) is 3.98. The molecule has 2 N–H and O–H groups in total. The first kappa shape index (κ1) is 13.0. The van der Waals surface area contributed by atoms with Crippen LogP contribution in [0.1, 0.15) is 0 Å². The van der Waals surface area contributed by atoms with Crippen molar-refractivity contribution in [3.63, 3.8) is 0 Å². The molecule has 0 aliphatic heterocycles. The van der Waals surface area contributed by atoms with Crippen molar-refractivity contribution in [3.05, 3.63) is 48.0 Å². The highest BCUT2D eigenvalue weighted by Gasteiger charge is 2.08. The maximum atomic E-state index is 13.0. The van der Waals surface area contributed by atoms with E-state index in [1.807, 2.05) is 0 Å². The van der Waals surface area contributed by atoms with Gasteiger partial charge in [-0.15, -0.1) is 0 Å². The molecule has 0 unspecified atom stereocenters. The Morgan fingerprint density at radius 1 is 0.722 bits per heavy atom. The van der Waals surface area contributed by atoms with E-state index in [0.717, 1.165) is 33.7 Å².